The fourth-order valence-electron chi connectivity index (χ4n) is 5.06. The van der Waals surface area contributed by atoms with Crippen molar-refractivity contribution in [1.29, 1.82) is 5.41 Å². The Morgan fingerprint density at radius 3 is 2.34 bits per heavy atom. The van der Waals surface area contributed by atoms with E-state index in [1.807, 2.05) is 24.3 Å². The van der Waals surface area contributed by atoms with Crippen molar-refractivity contribution >= 4 is 34.0 Å². The molecule has 0 amide bonds. The van der Waals surface area contributed by atoms with Crippen LogP contribution in [0.5, 0.6) is 5.75 Å². The maximum atomic E-state index is 11.2. The Labute approximate surface area is 223 Å². The van der Waals surface area contributed by atoms with Gasteiger partial charge < -0.3 is 35.2 Å². The number of hydrogen-bond donors (Lipinski definition) is 3. The lowest BCUT2D eigenvalue weighted by Gasteiger charge is -2.32. The molecule has 0 atom stereocenters. The van der Waals surface area contributed by atoms with Gasteiger partial charge in [0.1, 0.15) is 17.1 Å². The number of hydrogen-bond acceptors (Lipinski definition) is 7. The Kier molecular flexibility index (Phi) is 8.10. The Morgan fingerprint density at radius 1 is 0.974 bits per heavy atom. The Balaban J connectivity index is 2.02. The zero-order valence-electron chi connectivity index (χ0n) is 22.5. The smallest absolute Gasteiger partial charge is 0.303 e. The molecule has 2 aromatic rings. The van der Waals surface area contributed by atoms with Gasteiger partial charge in [-0.15, -0.1) is 0 Å². The maximum Gasteiger partial charge on any atom is 0.303 e. The van der Waals surface area contributed by atoms with Gasteiger partial charge in [-0.25, -0.2) is 0 Å². The van der Waals surface area contributed by atoms with Crippen molar-refractivity contribution in [2.75, 3.05) is 48.8 Å². The predicted molar refractivity (Wildman–Crippen MR) is 153 cm³/mol. The van der Waals surface area contributed by atoms with Gasteiger partial charge in [0, 0.05) is 78.6 Å². The molecule has 0 saturated heterocycles. The van der Waals surface area contributed by atoms with E-state index in [0.29, 0.717) is 41.1 Å². The van der Waals surface area contributed by atoms with Gasteiger partial charge in [-0.2, -0.15) is 0 Å². The van der Waals surface area contributed by atoms with E-state index in [0.717, 1.165) is 53.1 Å². The third-order valence-electron chi connectivity index (χ3n) is 6.96. The number of nitrogens with two attached hydrogens (primary N) is 1. The summed E-state index contributed by atoms with van der Waals surface area (Å²) in [5.41, 5.74) is 12.1. The summed E-state index contributed by atoms with van der Waals surface area (Å²) in [5, 5.41) is 18.6. The lowest BCUT2D eigenvalue weighted by atomic mass is 9.92. The highest BCUT2D eigenvalue weighted by atomic mass is 16.5. The molecule has 38 heavy (non-hydrogen) atoms. The number of aliphatic carboxylic acids is 1. The van der Waals surface area contributed by atoms with E-state index >= 15 is 0 Å². The van der Waals surface area contributed by atoms with Crippen LogP contribution in [0.25, 0.3) is 33.4 Å². The summed E-state index contributed by atoms with van der Waals surface area (Å²) in [6, 6.07) is 15.3. The zero-order valence-corrected chi connectivity index (χ0v) is 22.5. The molecule has 0 bridgehead atoms. The summed E-state index contributed by atoms with van der Waals surface area (Å²) in [4.78, 5) is 15.7. The molecule has 4 rings (SSSR count). The van der Waals surface area contributed by atoms with Gasteiger partial charge in [0.05, 0.1) is 23.8 Å². The summed E-state index contributed by atoms with van der Waals surface area (Å²) in [5.74, 6) is 0.515. The molecular formula is C30H36N4O4. The number of carbonyl (C=O) groups is 1. The van der Waals surface area contributed by atoms with E-state index in [9.17, 15) is 4.79 Å². The van der Waals surface area contributed by atoms with E-state index in [-0.39, 0.29) is 6.42 Å². The molecule has 0 unspecified atom stereocenters. The first kappa shape index (κ1) is 26.9. The monoisotopic (exact) mass is 516 g/mol. The summed E-state index contributed by atoms with van der Waals surface area (Å²) in [6.07, 6.45) is 0.677. The van der Waals surface area contributed by atoms with Gasteiger partial charge in [0.2, 0.25) is 0 Å². The van der Waals surface area contributed by atoms with Crippen LogP contribution in [0.2, 0.25) is 0 Å². The van der Waals surface area contributed by atoms with E-state index < -0.39 is 5.97 Å². The van der Waals surface area contributed by atoms with Gasteiger partial charge in [-0.05, 0) is 57.5 Å². The van der Waals surface area contributed by atoms with E-state index in [2.05, 4.69) is 42.7 Å². The third kappa shape index (κ3) is 5.25. The zero-order chi connectivity index (χ0) is 27.4. The highest BCUT2D eigenvalue weighted by Crippen LogP contribution is 2.47. The van der Waals surface area contributed by atoms with Crippen LogP contribution in [-0.4, -0.2) is 44.4 Å². The number of nitrogens with one attached hydrogen (secondary N) is 1. The lowest BCUT2D eigenvalue weighted by molar-refractivity contribution is -0.137. The van der Waals surface area contributed by atoms with Gasteiger partial charge in [0.15, 0.2) is 0 Å². The number of carboxylic acids is 1. The second kappa shape index (κ2) is 11.5. The predicted octanol–water partition coefficient (Wildman–Crippen LogP) is 5.81. The summed E-state index contributed by atoms with van der Waals surface area (Å²) in [7, 11) is 1.66. The van der Waals surface area contributed by atoms with E-state index in [4.69, 9.17) is 25.4 Å². The fraction of sp³-hybridized carbons (Fsp3) is 0.333. The van der Waals surface area contributed by atoms with Gasteiger partial charge in [-0.3, -0.25) is 4.79 Å². The molecule has 0 spiro atoms. The molecule has 1 aliphatic carbocycles. The van der Waals surface area contributed by atoms with Crippen LogP contribution in [0.1, 0.15) is 33.6 Å². The average molecular weight is 517 g/mol. The number of ether oxygens (including phenoxy) is 1. The fourth-order valence-corrected chi connectivity index (χ4v) is 5.06. The molecule has 200 valence electrons. The second-order valence-electron chi connectivity index (χ2n) is 9.23. The van der Waals surface area contributed by atoms with Crippen molar-refractivity contribution in [2.45, 2.75) is 33.6 Å². The van der Waals surface area contributed by atoms with Gasteiger partial charge >= 0.3 is 5.97 Å². The number of benzene rings is 3. The summed E-state index contributed by atoms with van der Waals surface area (Å²) < 4.78 is 12.2. The number of carboxylic acid groups (broad SMARTS) is 1. The van der Waals surface area contributed by atoms with Gasteiger partial charge in [-0.1, -0.05) is 0 Å². The molecule has 8 nitrogen and oxygen atoms in total. The first-order valence-corrected chi connectivity index (χ1v) is 13.1. The standard InChI is InChI=1S/C30H36N4O4/c1-5-33(6-2)24-17-23(26(37-4)18-25(24)34(7-3)14-8-9-29(35)36)30-21-12-10-19(31)15-27(21)38-28-16-20(32)11-13-22(28)30/h10-13,15-18,31H,5-9,14,32H2,1-4H3,(H,35,36). The minimum atomic E-state index is -0.789. The van der Waals surface area contributed by atoms with E-state index in [1.54, 1.807) is 19.2 Å². The molecule has 0 saturated carbocycles. The highest BCUT2D eigenvalue weighted by molar-refractivity contribution is 6.05. The van der Waals surface area contributed by atoms with Crippen molar-refractivity contribution in [3.8, 4) is 28.2 Å². The SMILES string of the molecule is CCN(CC)c1cc(-c2c3ccc(=N)cc-3oc3cc(N)ccc23)c(OC)cc1N(CC)CCCC(=O)O. The molecule has 8 heteroatoms. The first-order chi connectivity index (χ1) is 18.3. The van der Waals surface area contributed by atoms with Crippen LogP contribution in [0.3, 0.4) is 0 Å². The molecule has 1 aliphatic heterocycles. The lowest BCUT2D eigenvalue weighted by Crippen LogP contribution is -2.29. The van der Waals surface area contributed by atoms with Crippen molar-refractivity contribution in [2.24, 2.45) is 0 Å². The summed E-state index contributed by atoms with van der Waals surface area (Å²) >= 11 is 0. The molecule has 0 fully saturated rings. The van der Waals surface area contributed by atoms with Crippen LogP contribution >= 0.6 is 0 Å². The van der Waals surface area contributed by atoms with E-state index in [1.165, 1.54) is 0 Å². The van der Waals surface area contributed by atoms with Crippen LogP contribution in [0.4, 0.5) is 17.1 Å². The normalized spacial score (nSPS) is 11.2. The molecule has 4 N–H and O–H groups in total. The highest BCUT2D eigenvalue weighted by Gasteiger charge is 2.24. The molecule has 2 aromatic carbocycles. The first-order valence-electron chi connectivity index (χ1n) is 13.1. The number of fused-ring (bicyclic) bond motifs is 2. The number of methoxy groups -OCH3 is 1. The number of nitrogens with zero attached hydrogens (tertiary/aromatic N) is 2. The Hall–Kier alpha value is -4.20. The number of nitrogen functional groups attached to an aromatic ring is 1. The topological polar surface area (TPSA) is 116 Å². The Bertz CT molecular complexity index is 1480. The second-order valence-corrected chi connectivity index (χ2v) is 9.23. The molecule has 2 aliphatic rings. The summed E-state index contributed by atoms with van der Waals surface area (Å²) in [6.45, 7) is 9.32. The van der Waals surface area contributed by atoms with Crippen molar-refractivity contribution in [3.05, 3.63) is 53.9 Å². The quantitative estimate of drug-likeness (QED) is 0.170. The van der Waals surface area contributed by atoms with Crippen molar-refractivity contribution in [1.82, 2.24) is 0 Å². The van der Waals surface area contributed by atoms with Crippen molar-refractivity contribution < 1.29 is 19.1 Å². The third-order valence-corrected chi connectivity index (χ3v) is 6.96. The Morgan fingerprint density at radius 2 is 1.68 bits per heavy atom. The van der Waals surface area contributed by atoms with Crippen LogP contribution in [0, 0.1) is 5.41 Å². The van der Waals surface area contributed by atoms with Crippen LogP contribution in [0.15, 0.2) is 52.9 Å². The minimum absolute atomic E-state index is 0.124. The molecular weight excluding hydrogens is 480 g/mol. The van der Waals surface area contributed by atoms with Gasteiger partial charge in [0.25, 0.3) is 0 Å². The average Bonchev–Trinajstić information content (AvgIpc) is 2.90. The largest absolute Gasteiger partial charge is 0.496 e. The maximum absolute atomic E-state index is 11.2. The van der Waals surface area contributed by atoms with Crippen molar-refractivity contribution in [3.63, 3.8) is 0 Å². The van der Waals surface area contributed by atoms with Crippen LogP contribution in [-0.2, 0) is 4.79 Å². The molecule has 0 radical (unpaired) electrons. The number of anilines is 3. The molecule has 0 aromatic heterocycles. The van der Waals surface area contributed by atoms with Crippen LogP contribution < -0.4 is 25.6 Å². The molecule has 1 heterocycles. The number of rotatable bonds is 11. The minimum Gasteiger partial charge on any atom is -0.496 e.